The Bertz CT molecular complexity index is 466. The van der Waals surface area contributed by atoms with Gasteiger partial charge in [-0.05, 0) is 30.5 Å². The largest absolute Gasteiger partial charge is 0.366 e. The molecule has 2 nitrogen and oxygen atoms in total. The second-order valence-corrected chi connectivity index (χ2v) is 8.11. The summed E-state index contributed by atoms with van der Waals surface area (Å²) in [5.41, 5.74) is 7.18. The summed E-state index contributed by atoms with van der Waals surface area (Å²) in [6.07, 6.45) is 23.6. The van der Waals surface area contributed by atoms with Crippen LogP contribution in [0.1, 0.15) is 126 Å². The van der Waals surface area contributed by atoms with Crippen LogP contribution in [0.5, 0.6) is 0 Å². The number of rotatable bonds is 18. The van der Waals surface area contributed by atoms with Gasteiger partial charge in [0.15, 0.2) is 0 Å². The van der Waals surface area contributed by atoms with E-state index in [0.29, 0.717) is 5.56 Å². The quantitative estimate of drug-likeness (QED) is 0.265. The summed E-state index contributed by atoms with van der Waals surface area (Å²) in [7, 11) is 0. The topological polar surface area (TPSA) is 43.1 Å². The van der Waals surface area contributed by atoms with Crippen LogP contribution >= 0.6 is 0 Å². The van der Waals surface area contributed by atoms with Gasteiger partial charge < -0.3 is 5.73 Å². The second-order valence-electron chi connectivity index (χ2n) is 8.11. The van der Waals surface area contributed by atoms with Crippen LogP contribution < -0.4 is 5.73 Å². The first-order chi connectivity index (χ1) is 13.2. The van der Waals surface area contributed by atoms with Crippen molar-refractivity contribution in [2.45, 2.75) is 116 Å². The minimum Gasteiger partial charge on any atom is -0.366 e. The maximum Gasteiger partial charge on any atom is 0.248 e. The predicted octanol–water partition coefficient (Wildman–Crippen LogP) is 7.59. The molecule has 1 aromatic rings. The van der Waals surface area contributed by atoms with Crippen LogP contribution in [0.25, 0.3) is 0 Å². The molecule has 0 aliphatic rings. The number of hydrogen-bond acceptors (Lipinski definition) is 1. The fourth-order valence-corrected chi connectivity index (χ4v) is 3.71. The molecule has 0 spiro atoms. The van der Waals surface area contributed by atoms with E-state index in [1.807, 2.05) is 24.3 Å². The van der Waals surface area contributed by atoms with Crippen molar-refractivity contribution in [1.82, 2.24) is 0 Å². The summed E-state index contributed by atoms with van der Waals surface area (Å²) in [4.78, 5) is 11.1. The third-order valence-electron chi connectivity index (χ3n) is 5.56. The molecule has 0 atom stereocenters. The second kappa shape index (κ2) is 16.8. The summed E-state index contributed by atoms with van der Waals surface area (Å²) in [6.45, 7) is 2.29. The Labute approximate surface area is 168 Å². The zero-order valence-corrected chi connectivity index (χ0v) is 17.8. The smallest absolute Gasteiger partial charge is 0.248 e. The number of unbranched alkanes of at least 4 members (excludes halogenated alkanes) is 15. The Balaban J connectivity index is 1.81. The van der Waals surface area contributed by atoms with Crippen molar-refractivity contribution in [3.63, 3.8) is 0 Å². The molecule has 0 bridgehead atoms. The van der Waals surface area contributed by atoms with Crippen molar-refractivity contribution in [2.24, 2.45) is 5.73 Å². The molecule has 1 amide bonds. The molecule has 0 aromatic heterocycles. The Morgan fingerprint density at radius 2 is 1.00 bits per heavy atom. The zero-order valence-electron chi connectivity index (χ0n) is 17.8. The van der Waals surface area contributed by atoms with Crippen LogP contribution in [-0.4, -0.2) is 5.91 Å². The first-order valence-corrected chi connectivity index (χ1v) is 11.6. The van der Waals surface area contributed by atoms with Crippen molar-refractivity contribution >= 4 is 5.91 Å². The van der Waals surface area contributed by atoms with Crippen LogP contribution in [-0.2, 0) is 6.42 Å². The Hall–Kier alpha value is -1.31. The van der Waals surface area contributed by atoms with Gasteiger partial charge >= 0.3 is 0 Å². The molecule has 2 N–H and O–H groups in total. The van der Waals surface area contributed by atoms with Crippen molar-refractivity contribution in [3.05, 3.63) is 35.4 Å². The number of hydrogen-bond donors (Lipinski definition) is 1. The molecule has 0 saturated heterocycles. The first kappa shape index (κ1) is 23.7. The van der Waals surface area contributed by atoms with E-state index < -0.39 is 0 Å². The minimum absolute atomic E-state index is 0.344. The van der Waals surface area contributed by atoms with E-state index in [9.17, 15) is 4.79 Å². The molecule has 0 saturated carbocycles. The normalized spacial score (nSPS) is 11.0. The molecule has 27 heavy (non-hydrogen) atoms. The number of carbonyl (C=O) groups excluding carboxylic acids is 1. The maximum atomic E-state index is 11.1. The van der Waals surface area contributed by atoms with Gasteiger partial charge in [-0.1, -0.05) is 115 Å². The van der Waals surface area contributed by atoms with Crippen LogP contribution in [0.4, 0.5) is 0 Å². The molecule has 0 heterocycles. The van der Waals surface area contributed by atoms with E-state index in [1.54, 1.807) is 0 Å². The Morgan fingerprint density at radius 3 is 1.37 bits per heavy atom. The van der Waals surface area contributed by atoms with Crippen LogP contribution in [0, 0.1) is 0 Å². The fourth-order valence-electron chi connectivity index (χ4n) is 3.71. The van der Waals surface area contributed by atoms with E-state index in [-0.39, 0.29) is 5.91 Å². The van der Waals surface area contributed by atoms with Gasteiger partial charge in [0, 0.05) is 5.56 Å². The third kappa shape index (κ3) is 13.5. The summed E-state index contributed by atoms with van der Waals surface area (Å²) in [5, 5.41) is 0. The average Bonchev–Trinajstić information content (AvgIpc) is 2.68. The van der Waals surface area contributed by atoms with Crippen LogP contribution in [0.3, 0.4) is 0 Å². The van der Waals surface area contributed by atoms with E-state index in [1.165, 1.54) is 108 Å². The van der Waals surface area contributed by atoms with Crippen LogP contribution in [0.2, 0.25) is 0 Å². The summed E-state index contributed by atoms with van der Waals surface area (Å²) in [5.74, 6) is -0.344. The van der Waals surface area contributed by atoms with Crippen molar-refractivity contribution in [3.8, 4) is 0 Å². The van der Waals surface area contributed by atoms with E-state index in [2.05, 4.69) is 6.92 Å². The van der Waals surface area contributed by atoms with Crippen molar-refractivity contribution in [1.29, 1.82) is 0 Å². The number of amides is 1. The lowest BCUT2D eigenvalue weighted by atomic mass is 10.0. The average molecular weight is 374 g/mol. The van der Waals surface area contributed by atoms with Gasteiger partial charge in [-0.3, -0.25) is 4.79 Å². The SMILES string of the molecule is CCCCCCCCCCCCCCCCCCc1ccc(C(N)=O)cc1. The molecule has 1 rings (SSSR count). The highest BCUT2D eigenvalue weighted by Gasteiger charge is 2.00. The first-order valence-electron chi connectivity index (χ1n) is 11.6. The molecule has 2 heteroatoms. The third-order valence-corrected chi connectivity index (χ3v) is 5.56. The molecule has 0 aliphatic heterocycles. The molecule has 154 valence electrons. The standard InChI is InChI=1S/C25H43NO/c1-2-3-4-5-6-7-8-9-10-11-12-13-14-15-16-17-18-23-19-21-24(22-20-23)25(26)27/h19-22H,2-18H2,1H3,(H2,26,27). The number of aryl methyl sites for hydroxylation is 1. The fraction of sp³-hybridized carbons (Fsp3) is 0.720. The van der Waals surface area contributed by atoms with Crippen molar-refractivity contribution < 1.29 is 4.79 Å². The van der Waals surface area contributed by atoms with Gasteiger partial charge in [-0.15, -0.1) is 0 Å². The molecule has 1 aromatic carbocycles. The number of benzene rings is 1. The highest BCUT2D eigenvalue weighted by molar-refractivity contribution is 5.92. The monoisotopic (exact) mass is 373 g/mol. The van der Waals surface area contributed by atoms with Gasteiger partial charge in [0.2, 0.25) is 5.91 Å². The summed E-state index contributed by atoms with van der Waals surface area (Å²) in [6, 6.07) is 7.74. The van der Waals surface area contributed by atoms with Gasteiger partial charge in [-0.2, -0.15) is 0 Å². The predicted molar refractivity (Wildman–Crippen MR) is 118 cm³/mol. The summed E-state index contributed by atoms with van der Waals surface area (Å²) < 4.78 is 0. The number of nitrogens with two attached hydrogens (primary N) is 1. The maximum absolute atomic E-state index is 11.1. The van der Waals surface area contributed by atoms with E-state index >= 15 is 0 Å². The van der Waals surface area contributed by atoms with Crippen molar-refractivity contribution in [2.75, 3.05) is 0 Å². The van der Waals surface area contributed by atoms with Gasteiger partial charge in [0.25, 0.3) is 0 Å². The molecule has 0 aliphatic carbocycles. The summed E-state index contributed by atoms with van der Waals surface area (Å²) >= 11 is 0. The minimum atomic E-state index is -0.344. The molecule has 0 unspecified atom stereocenters. The molecular formula is C25H43NO. The van der Waals surface area contributed by atoms with E-state index in [4.69, 9.17) is 5.73 Å². The van der Waals surface area contributed by atoms with Gasteiger partial charge in [0.1, 0.15) is 0 Å². The van der Waals surface area contributed by atoms with Gasteiger partial charge in [-0.25, -0.2) is 0 Å². The van der Waals surface area contributed by atoms with E-state index in [0.717, 1.165) is 6.42 Å². The van der Waals surface area contributed by atoms with Gasteiger partial charge in [0.05, 0.1) is 0 Å². The molecule has 0 radical (unpaired) electrons. The highest BCUT2D eigenvalue weighted by atomic mass is 16.1. The number of primary amides is 1. The zero-order chi connectivity index (χ0) is 19.6. The Morgan fingerprint density at radius 1 is 0.630 bits per heavy atom. The lowest BCUT2D eigenvalue weighted by molar-refractivity contribution is 0.100. The molecular weight excluding hydrogens is 330 g/mol. The lowest BCUT2D eigenvalue weighted by Crippen LogP contribution is -2.10. The number of carbonyl (C=O) groups is 1. The highest BCUT2D eigenvalue weighted by Crippen LogP contribution is 2.14. The van der Waals surface area contributed by atoms with Crippen LogP contribution in [0.15, 0.2) is 24.3 Å². The Kier molecular flexibility index (Phi) is 14.8. The molecule has 0 fully saturated rings. The lowest BCUT2D eigenvalue weighted by Gasteiger charge is -2.04.